The summed E-state index contributed by atoms with van der Waals surface area (Å²) in [5, 5.41) is 3.53. The van der Waals surface area contributed by atoms with Crippen molar-refractivity contribution in [2.75, 3.05) is 40.9 Å². The molecule has 7 nitrogen and oxygen atoms in total. The number of methoxy groups -OCH3 is 5. The van der Waals surface area contributed by atoms with E-state index in [1.165, 1.54) is 20.3 Å². The number of ether oxygens (including phenoxy) is 5. The molecule has 0 saturated carbocycles. The van der Waals surface area contributed by atoms with Crippen molar-refractivity contribution < 1.29 is 28.5 Å². The zero-order chi connectivity index (χ0) is 26.1. The minimum atomic E-state index is -0.334. The van der Waals surface area contributed by atoms with Crippen molar-refractivity contribution in [3.8, 4) is 28.7 Å². The number of carbonyl (C=O) groups excluding carboxylic acids is 1. The van der Waals surface area contributed by atoms with Crippen LogP contribution in [0.3, 0.4) is 0 Å². The Labute approximate surface area is 215 Å². The van der Waals surface area contributed by atoms with Crippen molar-refractivity contribution in [1.29, 1.82) is 0 Å². The molecule has 3 aromatic rings. The molecule has 0 unspecified atom stereocenters. The molecule has 0 spiro atoms. The van der Waals surface area contributed by atoms with E-state index in [1.54, 1.807) is 45.6 Å². The Morgan fingerprint density at radius 3 is 1.86 bits per heavy atom. The van der Waals surface area contributed by atoms with E-state index in [2.05, 4.69) is 5.32 Å². The van der Waals surface area contributed by atoms with Crippen molar-refractivity contribution in [2.24, 2.45) is 0 Å². The molecular formula is C28H28ClNO6. The number of nitrogens with one attached hydrogen (secondary N) is 1. The normalized spacial score (nSPS) is 10.9. The van der Waals surface area contributed by atoms with Crippen LogP contribution in [0.15, 0.2) is 54.6 Å². The monoisotopic (exact) mass is 509 g/mol. The van der Waals surface area contributed by atoms with E-state index in [1.807, 2.05) is 42.5 Å². The summed E-state index contributed by atoms with van der Waals surface area (Å²) in [5.74, 6) is 2.12. The maximum Gasteiger partial charge on any atom is 0.248 e. The number of anilines is 1. The van der Waals surface area contributed by atoms with Crippen LogP contribution in [-0.4, -0.2) is 41.5 Å². The summed E-state index contributed by atoms with van der Waals surface area (Å²) in [6.45, 7) is 0. The number of amides is 1. The number of hydrogen-bond acceptors (Lipinski definition) is 6. The highest BCUT2D eigenvalue weighted by molar-refractivity contribution is 6.30. The van der Waals surface area contributed by atoms with Gasteiger partial charge in [-0.2, -0.15) is 0 Å². The highest BCUT2D eigenvalue weighted by atomic mass is 35.5. The van der Waals surface area contributed by atoms with Gasteiger partial charge >= 0.3 is 0 Å². The molecule has 0 aliphatic rings. The Hall–Kier alpha value is -4.10. The Morgan fingerprint density at radius 2 is 1.31 bits per heavy atom. The van der Waals surface area contributed by atoms with E-state index in [0.29, 0.717) is 45.0 Å². The first kappa shape index (κ1) is 26.5. The summed E-state index contributed by atoms with van der Waals surface area (Å²) in [7, 11) is 7.73. The third-order valence-electron chi connectivity index (χ3n) is 5.27. The van der Waals surface area contributed by atoms with Crippen LogP contribution in [0.2, 0.25) is 5.02 Å². The van der Waals surface area contributed by atoms with Crippen LogP contribution < -0.4 is 29.0 Å². The molecule has 0 aliphatic carbocycles. The third-order valence-corrected chi connectivity index (χ3v) is 5.52. The Bertz CT molecular complexity index is 1240. The Kier molecular flexibility index (Phi) is 9.25. The van der Waals surface area contributed by atoms with Crippen LogP contribution in [0.4, 0.5) is 5.69 Å². The second kappa shape index (κ2) is 12.6. The third kappa shape index (κ3) is 6.31. The molecule has 1 amide bonds. The molecule has 0 atom stereocenters. The topological polar surface area (TPSA) is 75.2 Å². The van der Waals surface area contributed by atoms with Gasteiger partial charge in [-0.3, -0.25) is 4.79 Å². The lowest BCUT2D eigenvalue weighted by Crippen LogP contribution is -2.11. The summed E-state index contributed by atoms with van der Waals surface area (Å²) in [5.41, 5.74) is 2.81. The van der Waals surface area contributed by atoms with Crippen molar-refractivity contribution >= 4 is 41.4 Å². The van der Waals surface area contributed by atoms with E-state index < -0.39 is 0 Å². The summed E-state index contributed by atoms with van der Waals surface area (Å²) in [6, 6.07) is 14.4. The average molecular weight is 510 g/mol. The summed E-state index contributed by atoms with van der Waals surface area (Å²) < 4.78 is 27.3. The largest absolute Gasteiger partial charge is 0.493 e. The van der Waals surface area contributed by atoms with Gasteiger partial charge in [0.05, 0.1) is 41.2 Å². The molecule has 3 rings (SSSR count). The van der Waals surface area contributed by atoms with Crippen molar-refractivity contribution in [1.82, 2.24) is 0 Å². The van der Waals surface area contributed by atoms with Gasteiger partial charge < -0.3 is 29.0 Å². The van der Waals surface area contributed by atoms with Gasteiger partial charge in [-0.25, -0.2) is 0 Å². The molecular weight excluding hydrogens is 482 g/mol. The zero-order valence-corrected chi connectivity index (χ0v) is 21.5. The molecule has 0 radical (unpaired) electrons. The molecule has 3 aromatic carbocycles. The molecule has 0 bridgehead atoms. The second-order valence-corrected chi connectivity index (χ2v) is 7.87. The van der Waals surface area contributed by atoms with Gasteiger partial charge in [0.1, 0.15) is 0 Å². The summed E-state index contributed by atoms with van der Waals surface area (Å²) >= 11 is 5.93. The summed E-state index contributed by atoms with van der Waals surface area (Å²) in [6.07, 6.45) is 6.85. The van der Waals surface area contributed by atoms with Crippen molar-refractivity contribution in [2.45, 2.75) is 0 Å². The Morgan fingerprint density at radius 1 is 0.694 bits per heavy atom. The minimum Gasteiger partial charge on any atom is -0.493 e. The molecule has 0 aliphatic heterocycles. The second-order valence-electron chi connectivity index (χ2n) is 7.43. The summed E-state index contributed by atoms with van der Waals surface area (Å²) in [4.78, 5) is 12.8. The van der Waals surface area contributed by atoms with Crippen LogP contribution in [-0.2, 0) is 4.79 Å². The van der Waals surface area contributed by atoms with Gasteiger partial charge in [0.25, 0.3) is 0 Å². The number of rotatable bonds is 10. The molecule has 36 heavy (non-hydrogen) atoms. The lowest BCUT2D eigenvalue weighted by atomic mass is 10.1. The quantitative estimate of drug-likeness (QED) is 0.259. The first-order chi connectivity index (χ1) is 17.4. The van der Waals surface area contributed by atoms with E-state index in [0.717, 1.165) is 11.1 Å². The van der Waals surface area contributed by atoms with E-state index in [-0.39, 0.29) is 5.91 Å². The van der Waals surface area contributed by atoms with E-state index >= 15 is 0 Å². The van der Waals surface area contributed by atoms with Gasteiger partial charge in [-0.15, -0.1) is 0 Å². The van der Waals surface area contributed by atoms with Crippen LogP contribution in [0, 0.1) is 0 Å². The molecule has 8 heteroatoms. The van der Waals surface area contributed by atoms with Gasteiger partial charge in [-0.05, 0) is 53.6 Å². The lowest BCUT2D eigenvalue weighted by Gasteiger charge is -2.16. The van der Waals surface area contributed by atoms with Gasteiger partial charge in [0.2, 0.25) is 11.7 Å². The highest BCUT2D eigenvalue weighted by Gasteiger charge is 2.16. The van der Waals surface area contributed by atoms with Gasteiger partial charge in [-0.1, -0.05) is 35.9 Å². The first-order valence-electron chi connectivity index (χ1n) is 10.9. The fraction of sp³-hybridized carbons (Fsp3) is 0.179. The maximum atomic E-state index is 12.8. The predicted octanol–water partition coefficient (Wildman–Crippen LogP) is 6.21. The molecule has 1 N–H and O–H groups in total. The number of carbonyl (C=O) groups is 1. The Balaban J connectivity index is 1.96. The van der Waals surface area contributed by atoms with E-state index in [4.69, 9.17) is 35.3 Å². The first-order valence-corrected chi connectivity index (χ1v) is 11.3. The minimum absolute atomic E-state index is 0.334. The smallest absolute Gasteiger partial charge is 0.248 e. The number of benzene rings is 3. The number of halogens is 1. The molecule has 0 heterocycles. The molecule has 0 aromatic heterocycles. The fourth-order valence-electron chi connectivity index (χ4n) is 3.50. The highest BCUT2D eigenvalue weighted by Crippen LogP contribution is 2.40. The van der Waals surface area contributed by atoms with Gasteiger partial charge in [0, 0.05) is 16.7 Å². The van der Waals surface area contributed by atoms with Gasteiger partial charge in [0.15, 0.2) is 23.0 Å². The van der Waals surface area contributed by atoms with E-state index in [9.17, 15) is 4.79 Å². The standard InChI is InChI=1S/C28H28ClNO6/c1-32-22-14-11-20(10-6-19-16-23(33-2)27(35-4)24(17-19)34-3)26(28(22)36-5)30-25(31)15-9-18-7-12-21(29)13-8-18/h6-17H,1-5H3,(H,30,31)/b10-6+,15-9+. The van der Waals surface area contributed by atoms with Crippen LogP contribution in [0.1, 0.15) is 16.7 Å². The molecule has 0 saturated heterocycles. The lowest BCUT2D eigenvalue weighted by molar-refractivity contribution is -0.111. The molecule has 0 fully saturated rings. The zero-order valence-electron chi connectivity index (χ0n) is 20.8. The fourth-order valence-corrected chi connectivity index (χ4v) is 3.63. The van der Waals surface area contributed by atoms with Crippen LogP contribution >= 0.6 is 11.6 Å². The SMILES string of the molecule is COc1cc(/C=C/c2ccc(OC)c(OC)c2NC(=O)/C=C/c2ccc(Cl)cc2)cc(OC)c1OC. The number of hydrogen-bond donors (Lipinski definition) is 1. The van der Waals surface area contributed by atoms with Crippen molar-refractivity contribution in [3.63, 3.8) is 0 Å². The maximum absolute atomic E-state index is 12.8. The average Bonchev–Trinajstić information content (AvgIpc) is 2.90. The predicted molar refractivity (Wildman–Crippen MR) is 144 cm³/mol. The van der Waals surface area contributed by atoms with Crippen LogP contribution in [0.5, 0.6) is 28.7 Å². The van der Waals surface area contributed by atoms with Crippen molar-refractivity contribution in [3.05, 3.63) is 76.3 Å². The molecule has 188 valence electrons. The van der Waals surface area contributed by atoms with Crippen LogP contribution in [0.25, 0.3) is 18.2 Å².